The van der Waals surface area contributed by atoms with E-state index < -0.39 is 5.76 Å². The molecule has 1 aliphatic carbocycles. The summed E-state index contributed by atoms with van der Waals surface area (Å²) in [5.74, 6) is 0.651. The summed E-state index contributed by atoms with van der Waals surface area (Å²) in [4.78, 5) is 13.8. The number of nitrogens with one attached hydrogen (secondary N) is 2. The largest absolute Gasteiger partial charge is 0.469 e. The number of hydrogen-bond donors (Lipinski definition) is 2. The molecule has 0 saturated carbocycles. The molecule has 0 radical (unpaired) electrons. The first kappa shape index (κ1) is 11.4. The number of furan rings is 1. The van der Waals surface area contributed by atoms with Gasteiger partial charge in [0.05, 0.1) is 17.8 Å². The van der Waals surface area contributed by atoms with E-state index in [0.717, 1.165) is 30.7 Å². The van der Waals surface area contributed by atoms with Gasteiger partial charge in [-0.1, -0.05) is 0 Å². The zero-order chi connectivity index (χ0) is 13.5. The average Bonchev–Trinajstić information content (AvgIpc) is 3.03. The molecule has 0 bridgehead atoms. The molecule has 20 heavy (non-hydrogen) atoms. The van der Waals surface area contributed by atoms with Crippen LogP contribution in [-0.4, -0.2) is 4.98 Å². The Hall–Kier alpha value is -2.43. The Labute approximate surface area is 114 Å². The first-order chi connectivity index (χ1) is 9.79. The van der Waals surface area contributed by atoms with Crippen molar-refractivity contribution in [2.45, 2.75) is 25.3 Å². The number of benzene rings is 1. The number of rotatable bonds is 2. The number of fused-ring (bicyclic) bond motifs is 2. The van der Waals surface area contributed by atoms with Crippen molar-refractivity contribution in [1.82, 2.24) is 4.98 Å². The Balaban J connectivity index is 1.66. The lowest BCUT2D eigenvalue weighted by Gasteiger charge is -2.23. The van der Waals surface area contributed by atoms with Crippen molar-refractivity contribution in [3.8, 4) is 0 Å². The number of anilines is 1. The van der Waals surface area contributed by atoms with E-state index in [4.69, 9.17) is 8.83 Å². The topological polar surface area (TPSA) is 71.2 Å². The Morgan fingerprint density at radius 3 is 3.20 bits per heavy atom. The monoisotopic (exact) mass is 270 g/mol. The van der Waals surface area contributed by atoms with Crippen LogP contribution in [0.3, 0.4) is 0 Å². The normalized spacial score (nSPS) is 18.1. The van der Waals surface area contributed by atoms with Crippen LogP contribution in [0.1, 0.15) is 30.2 Å². The predicted molar refractivity (Wildman–Crippen MR) is 74.8 cm³/mol. The van der Waals surface area contributed by atoms with E-state index in [0.29, 0.717) is 11.1 Å². The van der Waals surface area contributed by atoms with Gasteiger partial charge in [0, 0.05) is 17.7 Å². The molecule has 2 N–H and O–H groups in total. The molecule has 4 rings (SSSR count). The van der Waals surface area contributed by atoms with Crippen LogP contribution < -0.4 is 11.1 Å². The molecule has 1 unspecified atom stereocenters. The fourth-order valence-electron chi connectivity index (χ4n) is 2.88. The molecule has 3 aromatic rings. The number of H-pyrrole nitrogens is 1. The summed E-state index contributed by atoms with van der Waals surface area (Å²) in [5.41, 5.74) is 3.49. The van der Waals surface area contributed by atoms with E-state index in [1.165, 1.54) is 5.56 Å². The van der Waals surface area contributed by atoms with Gasteiger partial charge in [-0.15, -0.1) is 0 Å². The Morgan fingerprint density at radius 1 is 1.30 bits per heavy atom. The van der Waals surface area contributed by atoms with Crippen molar-refractivity contribution in [2.75, 3.05) is 5.32 Å². The number of hydrogen-bond acceptors (Lipinski definition) is 4. The van der Waals surface area contributed by atoms with E-state index in [2.05, 4.69) is 10.3 Å². The van der Waals surface area contributed by atoms with E-state index in [-0.39, 0.29) is 6.04 Å². The molecule has 2 heterocycles. The SMILES string of the molecule is O=c1[nH]c2cc(NC3CCCc4occc43)ccc2o1. The predicted octanol–water partition coefficient (Wildman–Crippen LogP) is 3.20. The molecular formula is C15H14N2O3. The number of aryl methyl sites for hydroxylation is 1. The maximum Gasteiger partial charge on any atom is 0.417 e. The Kier molecular flexibility index (Phi) is 2.45. The van der Waals surface area contributed by atoms with Crippen molar-refractivity contribution >= 4 is 16.8 Å². The van der Waals surface area contributed by atoms with Crippen LogP contribution >= 0.6 is 0 Å². The summed E-state index contributed by atoms with van der Waals surface area (Å²) in [6, 6.07) is 7.91. The smallest absolute Gasteiger partial charge is 0.417 e. The van der Waals surface area contributed by atoms with Crippen molar-refractivity contribution in [3.63, 3.8) is 0 Å². The van der Waals surface area contributed by atoms with E-state index in [9.17, 15) is 4.79 Å². The van der Waals surface area contributed by atoms with Crippen LogP contribution in [0, 0.1) is 0 Å². The molecule has 5 heteroatoms. The van der Waals surface area contributed by atoms with Crippen LogP contribution in [-0.2, 0) is 6.42 Å². The van der Waals surface area contributed by atoms with Crippen LogP contribution in [0.15, 0.2) is 44.2 Å². The first-order valence-electron chi connectivity index (χ1n) is 6.75. The highest BCUT2D eigenvalue weighted by atomic mass is 16.4. The quantitative estimate of drug-likeness (QED) is 0.750. The molecule has 1 aromatic carbocycles. The molecule has 1 atom stereocenters. The molecule has 1 aliphatic rings. The van der Waals surface area contributed by atoms with Gasteiger partial charge < -0.3 is 14.2 Å². The Morgan fingerprint density at radius 2 is 2.25 bits per heavy atom. The molecule has 0 spiro atoms. The van der Waals surface area contributed by atoms with Crippen molar-refractivity contribution < 1.29 is 8.83 Å². The molecule has 0 aliphatic heterocycles. The van der Waals surface area contributed by atoms with Crippen molar-refractivity contribution in [2.24, 2.45) is 0 Å². The second-order valence-electron chi connectivity index (χ2n) is 5.11. The van der Waals surface area contributed by atoms with Crippen molar-refractivity contribution in [1.29, 1.82) is 0 Å². The average molecular weight is 270 g/mol. The van der Waals surface area contributed by atoms with Gasteiger partial charge in [0.25, 0.3) is 0 Å². The number of oxazole rings is 1. The minimum absolute atomic E-state index is 0.258. The molecule has 0 amide bonds. The van der Waals surface area contributed by atoms with Gasteiger partial charge in [-0.25, -0.2) is 4.79 Å². The van der Waals surface area contributed by atoms with Gasteiger partial charge in [0.15, 0.2) is 5.58 Å². The molecular weight excluding hydrogens is 256 g/mol. The van der Waals surface area contributed by atoms with Crippen molar-refractivity contribution in [3.05, 3.63) is 52.4 Å². The lowest BCUT2D eigenvalue weighted by atomic mass is 9.93. The van der Waals surface area contributed by atoms with Gasteiger partial charge in [0.1, 0.15) is 5.76 Å². The van der Waals surface area contributed by atoms with Gasteiger partial charge in [-0.3, -0.25) is 4.98 Å². The summed E-state index contributed by atoms with van der Waals surface area (Å²) in [6.07, 6.45) is 4.95. The second kappa shape index (κ2) is 4.30. The summed E-state index contributed by atoms with van der Waals surface area (Å²) in [7, 11) is 0. The first-order valence-corrected chi connectivity index (χ1v) is 6.75. The van der Waals surface area contributed by atoms with Crippen LogP contribution in [0.5, 0.6) is 0 Å². The standard InChI is InChI=1S/C15H14N2O3/c18-15-17-12-8-9(4-5-14(12)20-15)16-11-2-1-3-13-10(11)6-7-19-13/h4-8,11,16H,1-3H2,(H,17,18). The zero-order valence-corrected chi connectivity index (χ0v) is 10.8. The Bertz CT molecular complexity index is 812. The summed E-state index contributed by atoms with van der Waals surface area (Å²) >= 11 is 0. The van der Waals surface area contributed by atoms with E-state index in [1.807, 2.05) is 18.2 Å². The summed E-state index contributed by atoms with van der Waals surface area (Å²) in [6.45, 7) is 0. The van der Waals surface area contributed by atoms with Crippen LogP contribution in [0.4, 0.5) is 5.69 Å². The minimum atomic E-state index is -0.424. The van der Waals surface area contributed by atoms with Crippen LogP contribution in [0.25, 0.3) is 11.1 Å². The lowest BCUT2D eigenvalue weighted by Crippen LogP contribution is -2.15. The van der Waals surface area contributed by atoms with E-state index in [1.54, 1.807) is 12.3 Å². The lowest BCUT2D eigenvalue weighted by molar-refractivity contribution is 0.461. The summed E-state index contributed by atoms with van der Waals surface area (Å²) in [5, 5.41) is 3.50. The third-order valence-electron chi connectivity index (χ3n) is 3.81. The van der Waals surface area contributed by atoms with Gasteiger partial charge in [0.2, 0.25) is 0 Å². The molecule has 102 valence electrons. The number of aromatic amines is 1. The number of aromatic nitrogens is 1. The minimum Gasteiger partial charge on any atom is -0.469 e. The summed E-state index contributed by atoms with van der Waals surface area (Å²) < 4.78 is 10.5. The third-order valence-corrected chi connectivity index (χ3v) is 3.81. The van der Waals surface area contributed by atoms with Gasteiger partial charge in [-0.2, -0.15) is 0 Å². The third kappa shape index (κ3) is 1.82. The maximum absolute atomic E-state index is 11.2. The fraction of sp³-hybridized carbons (Fsp3) is 0.267. The molecule has 5 nitrogen and oxygen atoms in total. The molecule has 0 saturated heterocycles. The highest BCUT2D eigenvalue weighted by molar-refractivity contribution is 5.76. The maximum atomic E-state index is 11.2. The second-order valence-corrected chi connectivity index (χ2v) is 5.11. The molecule has 0 fully saturated rings. The van der Waals surface area contributed by atoms with Crippen LogP contribution in [0.2, 0.25) is 0 Å². The molecule has 2 aromatic heterocycles. The zero-order valence-electron chi connectivity index (χ0n) is 10.8. The highest BCUT2D eigenvalue weighted by Gasteiger charge is 2.22. The van der Waals surface area contributed by atoms with Gasteiger partial charge >= 0.3 is 5.76 Å². The van der Waals surface area contributed by atoms with Gasteiger partial charge in [-0.05, 0) is 37.1 Å². The fourth-order valence-corrected chi connectivity index (χ4v) is 2.88. The van der Waals surface area contributed by atoms with E-state index >= 15 is 0 Å². The highest BCUT2D eigenvalue weighted by Crippen LogP contribution is 2.33.